The van der Waals surface area contributed by atoms with Crippen LogP contribution in [0, 0.1) is 10.1 Å². The molecule has 0 unspecified atom stereocenters. The quantitative estimate of drug-likeness (QED) is 0.665. The van der Waals surface area contributed by atoms with Crippen LogP contribution in [0.4, 0.5) is 17.5 Å². The zero-order valence-corrected chi connectivity index (χ0v) is 11.7. The molecule has 0 saturated carbocycles. The van der Waals surface area contributed by atoms with E-state index in [1.54, 1.807) is 0 Å². The van der Waals surface area contributed by atoms with Crippen molar-refractivity contribution in [2.24, 2.45) is 0 Å². The van der Waals surface area contributed by atoms with Gasteiger partial charge in [0.1, 0.15) is 6.20 Å². The van der Waals surface area contributed by atoms with E-state index in [1.165, 1.54) is 6.20 Å². The van der Waals surface area contributed by atoms with Crippen LogP contribution in [0.15, 0.2) is 6.20 Å². The third-order valence-electron chi connectivity index (χ3n) is 2.80. The molecule has 2 heterocycles. The standard InChI is InChI=1S/C11H17N5O2S/c1-2-12-11-13-8-9(16(17)18)10(14-11)15-4-3-6-19-7-5-15/h8H,2-7H2,1H3,(H,12,13,14). The lowest BCUT2D eigenvalue weighted by Gasteiger charge is -2.20. The van der Waals surface area contributed by atoms with E-state index in [9.17, 15) is 10.1 Å². The summed E-state index contributed by atoms with van der Waals surface area (Å²) in [5.41, 5.74) is -0.0199. The van der Waals surface area contributed by atoms with Gasteiger partial charge in [0, 0.05) is 25.4 Å². The molecule has 104 valence electrons. The predicted molar refractivity (Wildman–Crippen MR) is 77.0 cm³/mol. The van der Waals surface area contributed by atoms with Gasteiger partial charge in [0.05, 0.1) is 4.92 Å². The molecule has 0 aliphatic carbocycles. The second-order valence-corrected chi connectivity index (χ2v) is 5.37. The molecule has 1 N–H and O–H groups in total. The van der Waals surface area contributed by atoms with Crippen LogP contribution in [0.3, 0.4) is 0 Å². The SMILES string of the molecule is CCNc1ncc([N+](=O)[O-])c(N2CCCSCC2)n1. The summed E-state index contributed by atoms with van der Waals surface area (Å²) >= 11 is 1.87. The molecule has 0 atom stereocenters. The van der Waals surface area contributed by atoms with E-state index in [4.69, 9.17) is 0 Å². The summed E-state index contributed by atoms with van der Waals surface area (Å²) in [6.07, 6.45) is 2.31. The predicted octanol–water partition coefficient (Wildman–Crippen LogP) is 1.76. The monoisotopic (exact) mass is 283 g/mol. The van der Waals surface area contributed by atoms with E-state index in [0.717, 1.165) is 31.0 Å². The highest BCUT2D eigenvalue weighted by Gasteiger charge is 2.23. The van der Waals surface area contributed by atoms with Crippen molar-refractivity contribution in [1.82, 2.24) is 9.97 Å². The molecule has 8 heteroatoms. The average Bonchev–Trinajstić information content (AvgIpc) is 2.67. The average molecular weight is 283 g/mol. The fourth-order valence-electron chi connectivity index (χ4n) is 1.93. The van der Waals surface area contributed by atoms with Crippen LogP contribution < -0.4 is 10.2 Å². The number of rotatable bonds is 4. The number of nitro groups is 1. The molecular formula is C11H17N5O2S. The van der Waals surface area contributed by atoms with Crippen molar-refractivity contribution in [2.45, 2.75) is 13.3 Å². The molecule has 0 radical (unpaired) electrons. The van der Waals surface area contributed by atoms with Gasteiger partial charge in [-0.05, 0) is 19.1 Å². The van der Waals surface area contributed by atoms with Crippen molar-refractivity contribution in [3.8, 4) is 0 Å². The van der Waals surface area contributed by atoms with Crippen LogP contribution in [0.5, 0.6) is 0 Å². The fraction of sp³-hybridized carbons (Fsp3) is 0.636. The summed E-state index contributed by atoms with van der Waals surface area (Å²) in [4.78, 5) is 20.9. The number of nitrogens with one attached hydrogen (secondary N) is 1. The van der Waals surface area contributed by atoms with Crippen LogP contribution in [0.1, 0.15) is 13.3 Å². The second-order valence-electron chi connectivity index (χ2n) is 4.14. The molecule has 0 bridgehead atoms. The number of hydrogen-bond acceptors (Lipinski definition) is 7. The highest BCUT2D eigenvalue weighted by Crippen LogP contribution is 2.27. The second kappa shape index (κ2) is 6.55. The Kier molecular flexibility index (Phi) is 4.78. The third kappa shape index (κ3) is 3.46. The Hall–Kier alpha value is -1.57. The Morgan fingerprint density at radius 2 is 2.37 bits per heavy atom. The lowest BCUT2D eigenvalue weighted by atomic mass is 10.3. The molecule has 1 aromatic heterocycles. The Labute approximate surface area is 116 Å². The Morgan fingerprint density at radius 1 is 1.53 bits per heavy atom. The first-order chi connectivity index (χ1) is 9.22. The summed E-state index contributed by atoms with van der Waals surface area (Å²) < 4.78 is 0. The zero-order chi connectivity index (χ0) is 13.7. The van der Waals surface area contributed by atoms with Gasteiger partial charge in [0.25, 0.3) is 0 Å². The van der Waals surface area contributed by atoms with E-state index < -0.39 is 4.92 Å². The fourth-order valence-corrected chi connectivity index (χ4v) is 2.82. The van der Waals surface area contributed by atoms with Crippen LogP contribution in [-0.4, -0.2) is 46.0 Å². The smallest absolute Gasteiger partial charge is 0.329 e. The van der Waals surface area contributed by atoms with Gasteiger partial charge in [0.2, 0.25) is 11.8 Å². The zero-order valence-electron chi connectivity index (χ0n) is 10.8. The molecule has 1 fully saturated rings. The molecule has 0 spiro atoms. The molecule has 1 aliphatic heterocycles. The molecule has 0 amide bonds. The van der Waals surface area contributed by atoms with Gasteiger partial charge in [0.15, 0.2) is 0 Å². The summed E-state index contributed by atoms with van der Waals surface area (Å²) in [5, 5.41) is 14.1. The molecule has 1 aromatic rings. The van der Waals surface area contributed by atoms with Gasteiger partial charge in [-0.2, -0.15) is 16.7 Å². The number of aromatic nitrogens is 2. The first-order valence-corrected chi connectivity index (χ1v) is 7.46. The van der Waals surface area contributed by atoms with Gasteiger partial charge < -0.3 is 10.2 Å². The van der Waals surface area contributed by atoms with Gasteiger partial charge in [-0.1, -0.05) is 0 Å². The first kappa shape index (κ1) is 13.9. The largest absolute Gasteiger partial charge is 0.354 e. The maximum atomic E-state index is 11.1. The van der Waals surface area contributed by atoms with E-state index >= 15 is 0 Å². The van der Waals surface area contributed by atoms with Crippen LogP contribution in [0.25, 0.3) is 0 Å². The van der Waals surface area contributed by atoms with Gasteiger partial charge in [-0.3, -0.25) is 10.1 Å². The van der Waals surface area contributed by atoms with Crippen molar-refractivity contribution < 1.29 is 4.92 Å². The number of anilines is 2. The topological polar surface area (TPSA) is 84.2 Å². The highest BCUT2D eigenvalue weighted by molar-refractivity contribution is 7.99. The molecule has 0 aromatic carbocycles. The molecule has 19 heavy (non-hydrogen) atoms. The van der Waals surface area contributed by atoms with Gasteiger partial charge in [-0.25, -0.2) is 4.98 Å². The van der Waals surface area contributed by atoms with E-state index in [-0.39, 0.29) is 5.69 Å². The molecule has 7 nitrogen and oxygen atoms in total. The minimum Gasteiger partial charge on any atom is -0.354 e. The third-order valence-corrected chi connectivity index (χ3v) is 3.85. The molecular weight excluding hydrogens is 266 g/mol. The van der Waals surface area contributed by atoms with Crippen molar-refractivity contribution in [1.29, 1.82) is 0 Å². The molecule has 1 aliphatic rings. The van der Waals surface area contributed by atoms with Gasteiger partial charge in [-0.15, -0.1) is 0 Å². The van der Waals surface area contributed by atoms with Crippen molar-refractivity contribution in [2.75, 3.05) is 41.4 Å². The maximum Gasteiger partial charge on any atom is 0.329 e. The van der Waals surface area contributed by atoms with Crippen LogP contribution >= 0.6 is 11.8 Å². The Morgan fingerprint density at radius 3 is 3.11 bits per heavy atom. The number of nitrogens with zero attached hydrogens (tertiary/aromatic N) is 4. The van der Waals surface area contributed by atoms with E-state index in [1.807, 2.05) is 23.6 Å². The van der Waals surface area contributed by atoms with E-state index in [0.29, 0.717) is 18.3 Å². The highest BCUT2D eigenvalue weighted by atomic mass is 32.2. The summed E-state index contributed by atoms with van der Waals surface area (Å²) in [5.74, 6) is 2.94. The Balaban J connectivity index is 2.32. The maximum absolute atomic E-state index is 11.1. The number of thioether (sulfide) groups is 1. The van der Waals surface area contributed by atoms with Crippen LogP contribution in [0.2, 0.25) is 0 Å². The van der Waals surface area contributed by atoms with E-state index in [2.05, 4.69) is 15.3 Å². The van der Waals surface area contributed by atoms with Crippen LogP contribution in [-0.2, 0) is 0 Å². The van der Waals surface area contributed by atoms with Crippen molar-refractivity contribution in [3.05, 3.63) is 16.3 Å². The normalized spacial score (nSPS) is 15.9. The minimum absolute atomic E-state index is 0.0199. The Bertz CT molecular complexity index is 449. The molecule has 1 saturated heterocycles. The lowest BCUT2D eigenvalue weighted by molar-refractivity contribution is -0.384. The summed E-state index contributed by atoms with van der Waals surface area (Å²) in [6, 6.07) is 0. The summed E-state index contributed by atoms with van der Waals surface area (Å²) in [6.45, 7) is 4.21. The lowest BCUT2D eigenvalue weighted by Crippen LogP contribution is -2.27. The molecule has 2 rings (SSSR count). The first-order valence-electron chi connectivity index (χ1n) is 6.30. The summed E-state index contributed by atoms with van der Waals surface area (Å²) in [7, 11) is 0. The van der Waals surface area contributed by atoms with Crippen molar-refractivity contribution >= 4 is 29.2 Å². The van der Waals surface area contributed by atoms with Gasteiger partial charge >= 0.3 is 5.69 Å². The minimum atomic E-state index is -0.414. The van der Waals surface area contributed by atoms with Crippen molar-refractivity contribution in [3.63, 3.8) is 0 Å². The number of hydrogen-bond donors (Lipinski definition) is 1.